The molecule has 2 heterocycles. The summed E-state index contributed by atoms with van der Waals surface area (Å²) in [7, 11) is 0. The second-order valence-electron chi connectivity index (χ2n) is 6.82. The molecule has 0 atom stereocenters. The lowest BCUT2D eigenvalue weighted by Gasteiger charge is -2.12. The first kappa shape index (κ1) is 21.6. The number of fused-ring (bicyclic) bond motifs is 1. The van der Waals surface area contributed by atoms with Gasteiger partial charge in [-0.05, 0) is 35.9 Å². The van der Waals surface area contributed by atoms with E-state index >= 15 is 0 Å². The van der Waals surface area contributed by atoms with Gasteiger partial charge in [0.05, 0.1) is 12.1 Å². The molecule has 166 valence electrons. The molecule has 2 aromatic heterocycles. The molecule has 0 aliphatic rings. The Kier molecular flexibility index (Phi) is 5.31. The van der Waals surface area contributed by atoms with Crippen LogP contribution in [0.3, 0.4) is 0 Å². The molecule has 0 radical (unpaired) electrons. The maximum absolute atomic E-state index is 13.5. The molecule has 2 amide bonds. The summed E-state index contributed by atoms with van der Waals surface area (Å²) in [4.78, 5) is 19.6. The van der Waals surface area contributed by atoms with Crippen LogP contribution in [0.1, 0.15) is 5.56 Å². The fraction of sp³-hybridized carbons (Fsp3) is 0.0476. The minimum atomic E-state index is -4.76. The van der Waals surface area contributed by atoms with E-state index in [-0.39, 0.29) is 11.5 Å². The van der Waals surface area contributed by atoms with Crippen molar-refractivity contribution in [3.05, 3.63) is 77.8 Å². The topological polar surface area (TPSA) is 102 Å². The van der Waals surface area contributed by atoms with Crippen LogP contribution in [0.4, 0.5) is 45.2 Å². The number of anilines is 3. The second-order valence-corrected chi connectivity index (χ2v) is 6.82. The molecule has 0 saturated heterocycles. The monoisotopic (exact) mass is 455 g/mol. The molecule has 0 unspecified atom stereocenters. The quantitative estimate of drug-likeness (QED) is 0.287. The molecular formula is C21H13F4N7O. The van der Waals surface area contributed by atoms with E-state index in [0.29, 0.717) is 40.2 Å². The number of rotatable bonds is 3. The van der Waals surface area contributed by atoms with Crippen molar-refractivity contribution in [2.45, 2.75) is 6.18 Å². The summed E-state index contributed by atoms with van der Waals surface area (Å²) < 4.78 is 53.4. The minimum Gasteiger partial charge on any atom is -0.382 e. The third-order valence-corrected chi connectivity index (χ3v) is 4.62. The number of hydrogen-bond donors (Lipinski definition) is 3. The van der Waals surface area contributed by atoms with Crippen LogP contribution in [0.15, 0.2) is 55.0 Å². The highest BCUT2D eigenvalue weighted by molar-refractivity contribution is 6.00. The van der Waals surface area contributed by atoms with Gasteiger partial charge >= 0.3 is 12.2 Å². The number of benzene rings is 2. The van der Waals surface area contributed by atoms with Crippen LogP contribution in [0.2, 0.25) is 0 Å². The number of halogens is 4. The number of nitrogen functional groups attached to an aromatic ring is 1. The Morgan fingerprint density at radius 2 is 1.79 bits per heavy atom. The third kappa shape index (κ3) is 4.38. The second kappa shape index (κ2) is 8.12. The van der Waals surface area contributed by atoms with E-state index in [2.05, 4.69) is 25.6 Å². The standard InChI is InChI=1S/C21H13F4N7O/c1-27-16-9-32-18(19(26)28-10-29-32)17(16)11-2-4-14(5-3-11)30-20(33)31-15-7-12(21(23,24)25)6-13(22)8-15/h2-10H,(H2,26,28,29)(H2,30,31,33). The van der Waals surface area contributed by atoms with E-state index in [1.54, 1.807) is 12.1 Å². The van der Waals surface area contributed by atoms with Gasteiger partial charge in [0.1, 0.15) is 17.7 Å². The molecule has 0 spiro atoms. The van der Waals surface area contributed by atoms with Gasteiger partial charge in [-0.15, -0.1) is 0 Å². The van der Waals surface area contributed by atoms with Gasteiger partial charge in [-0.2, -0.15) is 18.3 Å². The van der Waals surface area contributed by atoms with Crippen LogP contribution in [0.25, 0.3) is 21.5 Å². The van der Waals surface area contributed by atoms with Crippen LogP contribution in [-0.4, -0.2) is 20.6 Å². The number of carbonyl (C=O) groups is 1. The van der Waals surface area contributed by atoms with Crippen molar-refractivity contribution in [3.8, 4) is 11.1 Å². The molecular weight excluding hydrogens is 442 g/mol. The van der Waals surface area contributed by atoms with Gasteiger partial charge in [0.2, 0.25) is 5.69 Å². The van der Waals surface area contributed by atoms with Crippen LogP contribution < -0.4 is 16.4 Å². The molecule has 0 aliphatic heterocycles. The number of amides is 2. The predicted octanol–water partition coefficient (Wildman–Crippen LogP) is 5.33. The predicted molar refractivity (Wildman–Crippen MR) is 113 cm³/mol. The van der Waals surface area contributed by atoms with E-state index < -0.39 is 23.6 Å². The number of nitrogens with one attached hydrogen (secondary N) is 2. The van der Waals surface area contributed by atoms with E-state index in [0.717, 1.165) is 6.07 Å². The number of nitrogens with zero attached hydrogens (tertiary/aromatic N) is 4. The number of urea groups is 1. The van der Waals surface area contributed by atoms with Crippen molar-refractivity contribution in [1.82, 2.24) is 14.6 Å². The fourth-order valence-corrected chi connectivity index (χ4v) is 3.23. The van der Waals surface area contributed by atoms with Crippen LogP contribution in [-0.2, 0) is 6.18 Å². The Balaban J connectivity index is 1.55. The first-order chi connectivity index (χ1) is 15.7. The molecule has 4 aromatic rings. The largest absolute Gasteiger partial charge is 0.416 e. The van der Waals surface area contributed by atoms with Crippen molar-refractivity contribution < 1.29 is 22.4 Å². The normalized spacial score (nSPS) is 11.2. The average Bonchev–Trinajstić information content (AvgIpc) is 3.13. The number of aromatic nitrogens is 3. The molecule has 0 saturated carbocycles. The van der Waals surface area contributed by atoms with E-state index in [4.69, 9.17) is 12.3 Å². The highest BCUT2D eigenvalue weighted by Gasteiger charge is 2.31. The zero-order valence-corrected chi connectivity index (χ0v) is 16.5. The highest BCUT2D eigenvalue weighted by atomic mass is 19.4. The van der Waals surface area contributed by atoms with E-state index in [1.807, 2.05) is 0 Å². The van der Waals surface area contributed by atoms with Gasteiger partial charge < -0.3 is 16.4 Å². The first-order valence-corrected chi connectivity index (χ1v) is 9.21. The summed E-state index contributed by atoms with van der Waals surface area (Å²) in [6, 6.07) is 7.17. The van der Waals surface area contributed by atoms with Gasteiger partial charge in [0, 0.05) is 23.1 Å². The Hall–Kier alpha value is -4.66. The summed E-state index contributed by atoms with van der Waals surface area (Å²) in [6.07, 6.45) is -1.97. The Morgan fingerprint density at radius 1 is 1.09 bits per heavy atom. The first-order valence-electron chi connectivity index (χ1n) is 9.21. The number of nitrogens with two attached hydrogens (primary N) is 1. The third-order valence-electron chi connectivity index (χ3n) is 4.62. The fourth-order valence-electron chi connectivity index (χ4n) is 3.23. The molecule has 2 aromatic carbocycles. The summed E-state index contributed by atoms with van der Waals surface area (Å²) in [5.74, 6) is -0.951. The Labute approximate surface area is 183 Å². The molecule has 0 bridgehead atoms. The van der Waals surface area contributed by atoms with Crippen molar-refractivity contribution in [3.63, 3.8) is 0 Å². The van der Waals surface area contributed by atoms with Crippen molar-refractivity contribution in [1.29, 1.82) is 0 Å². The van der Waals surface area contributed by atoms with E-state index in [9.17, 15) is 22.4 Å². The van der Waals surface area contributed by atoms with Gasteiger partial charge in [-0.3, -0.25) is 0 Å². The zero-order valence-electron chi connectivity index (χ0n) is 16.5. The molecule has 4 rings (SSSR count). The lowest BCUT2D eigenvalue weighted by atomic mass is 10.1. The van der Waals surface area contributed by atoms with Crippen LogP contribution in [0.5, 0.6) is 0 Å². The van der Waals surface area contributed by atoms with Crippen LogP contribution in [0, 0.1) is 12.4 Å². The Bertz CT molecular complexity index is 1410. The van der Waals surface area contributed by atoms with Crippen LogP contribution >= 0.6 is 0 Å². The van der Waals surface area contributed by atoms with Crippen molar-refractivity contribution in [2.75, 3.05) is 16.4 Å². The number of alkyl halides is 3. The Morgan fingerprint density at radius 3 is 2.45 bits per heavy atom. The van der Waals surface area contributed by atoms with Crippen molar-refractivity contribution >= 4 is 34.4 Å². The summed E-state index contributed by atoms with van der Waals surface area (Å²) >= 11 is 0. The maximum atomic E-state index is 13.5. The molecule has 12 heteroatoms. The lowest BCUT2D eigenvalue weighted by Crippen LogP contribution is -2.20. The highest BCUT2D eigenvalue weighted by Crippen LogP contribution is 2.38. The maximum Gasteiger partial charge on any atom is 0.416 e. The van der Waals surface area contributed by atoms with Gasteiger partial charge in [0.25, 0.3) is 0 Å². The molecule has 33 heavy (non-hydrogen) atoms. The summed E-state index contributed by atoms with van der Waals surface area (Å²) in [5, 5.41) is 8.66. The molecule has 8 nitrogen and oxygen atoms in total. The molecule has 0 aliphatic carbocycles. The molecule has 4 N–H and O–H groups in total. The summed E-state index contributed by atoms with van der Waals surface area (Å²) in [6.45, 7) is 7.41. The lowest BCUT2D eigenvalue weighted by molar-refractivity contribution is -0.137. The smallest absolute Gasteiger partial charge is 0.382 e. The average molecular weight is 455 g/mol. The number of carbonyl (C=O) groups excluding carboxylic acids is 1. The SMILES string of the molecule is [C-]#[N+]c1cn2ncnc(N)c2c1-c1ccc(NC(=O)Nc2cc(F)cc(C(F)(F)F)c2)cc1. The van der Waals surface area contributed by atoms with Gasteiger partial charge in [-0.25, -0.2) is 23.5 Å². The van der Waals surface area contributed by atoms with E-state index in [1.165, 1.54) is 29.2 Å². The number of hydrogen-bond acceptors (Lipinski definition) is 4. The zero-order chi connectivity index (χ0) is 23.8. The van der Waals surface area contributed by atoms with Gasteiger partial charge in [-0.1, -0.05) is 12.1 Å². The minimum absolute atomic E-state index is 0.185. The molecule has 0 fully saturated rings. The van der Waals surface area contributed by atoms with Crippen molar-refractivity contribution in [2.24, 2.45) is 0 Å². The van der Waals surface area contributed by atoms with Gasteiger partial charge in [0.15, 0.2) is 5.82 Å². The summed E-state index contributed by atoms with van der Waals surface area (Å²) in [5.41, 5.74) is 6.54.